The lowest BCUT2D eigenvalue weighted by Crippen LogP contribution is -2.48. The highest BCUT2D eigenvalue weighted by molar-refractivity contribution is 5.74. The van der Waals surface area contributed by atoms with Crippen molar-refractivity contribution in [2.45, 2.75) is 25.4 Å². The van der Waals surface area contributed by atoms with Crippen LogP contribution in [0.2, 0.25) is 0 Å². The van der Waals surface area contributed by atoms with Crippen molar-refractivity contribution >= 4 is 6.03 Å². The molecule has 0 aliphatic carbocycles. The molecule has 0 aromatic heterocycles. The Morgan fingerprint density at radius 1 is 1.35 bits per heavy atom. The summed E-state index contributed by atoms with van der Waals surface area (Å²) in [6, 6.07) is 10.1. The summed E-state index contributed by atoms with van der Waals surface area (Å²) in [5.74, 6) is 0. The molecule has 1 heterocycles. The normalized spacial score (nSPS) is 19.6. The molecule has 0 radical (unpaired) electrons. The maximum atomic E-state index is 11.6. The van der Waals surface area contributed by atoms with Crippen LogP contribution in [0.1, 0.15) is 18.4 Å². The first-order chi connectivity index (χ1) is 8.34. The molecule has 2 rings (SSSR count). The predicted molar refractivity (Wildman–Crippen MR) is 67.7 cm³/mol. The highest BCUT2D eigenvalue weighted by Crippen LogP contribution is 2.01. The predicted octanol–water partition coefficient (Wildman–Crippen LogP) is 1.24. The Morgan fingerprint density at radius 2 is 2.18 bits per heavy atom. The van der Waals surface area contributed by atoms with Crippen molar-refractivity contribution in [1.29, 1.82) is 0 Å². The van der Waals surface area contributed by atoms with Gasteiger partial charge in [0.05, 0.1) is 0 Å². The number of urea groups is 1. The Kier molecular flexibility index (Phi) is 4.38. The van der Waals surface area contributed by atoms with E-state index in [1.54, 1.807) is 0 Å². The molecule has 0 saturated carbocycles. The Labute approximate surface area is 102 Å². The smallest absolute Gasteiger partial charge is 0.315 e. The fourth-order valence-electron chi connectivity index (χ4n) is 1.99. The quantitative estimate of drug-likeness (QED) is 0.735. The van der Waals surface area contributed by atoms with Gasteiger partial charge in [-0.15, -0.1) is 0 Å². The number of benzene rings is 1. The lowest BCUT2D eigenvalue weighted by Gasteiger charge is -2.23. The summed E-state index contributed by atoms with van der Waals surface area (Å²) in [7, 11) is 0. The molecule has 1 aliphatic rings. The second-order valence-electron chi connectivity index (χ2n) is 4.36. The summed E-state index contributed by atoms with van der Waals surface area (Å²) in [4.78, 5) is 11.6. The second-order valence-corrected chi connectivity index (χ2v) is 4.36. The molecule has 2 amide bonds. The third-order valence-corrected chi connectivity index (χ3v) is 2.93. The maximum Gasteiger partial charge on any atom is 0.315 e. The second kappa shape index (κ2) is 6.25. The average Bonchev–Trinajstić information content (AvgIpc) is 2.39. The number of carbonyl (C=O) groups is 1. The molecule has 1 atom stereocenters. The monoisotopic (exact) mass is 233 g/mol. The first-order valence-corrected chi connectivity index (χ1v) is 6.13. The third-order valence-electron chi connectivity index (χ3n) is 2.93. The van der Waals surface area contributed by atoms with Crippen molar-refractivity contribution in [3.8, 4) is 0 Å². The minimum absolute atomic E-state index is 0.0810. The largest absolute Gasteiger partial charge is 0.334 e. The van der Waals surface area contributed by atoms with Crippen molar-refractivity contribution in [3.05, 3.63) is 35.9 Å². The van der Waals surface area contributed by atoms with Crippen LogP contribution in [0.15, 0.2) is 30.3 Å². The third kappa shape index (κ3) is 4.07. The van der Waals surface area contributed by atoms with Crippen LogP contribution in [0.5, 0.6) is 0 Å². The van der Waals surface area contributed by atoms with Gasteiger partial charge in [0.25, 0.3) is 0 Å². The van der Waals surface area contributed by atoms with Crippen molar-refractivity contribution in [1.82, 2.24) is 16.0 Å². The van der Waals surface area contributed by atoms with Gasteiger partial charge in [0.15, 0.2) is 0 Å². The molecular formula is C13H19N3O. The molecule has 1 fully saturated rings. The average molecular weight is 233 g/mol. The van der Waals surface area contributed by atoms with Gasteiger partial charge >= 0.3 is 6.03 Å². The lowest BCUT2D eigenvalue weighted by atomic mass is 10.1. The number of rotatable bonds is 3. The zero-order valence-corrected chi connectivity index (χ0v) is 9.91. The molecule has 1 saturated heterocycles. The summed E-state index contributed by atoms with van der Waals surface area (Å²) < 4.78 is 0. The van der Waals surface area contributed by atoms with Gasteiger partial charge in [0.2, 0.25) is 0 Å². The zero-order valence-electron chi connectivity index (χ0n) is 9.91. The molecule has 0 spiro atoms. The first-order valence-electron chi connectivity index (χ1n) is 6.13. The number of hydrogen-bond acceptors (Lipinski definition) is 2. The van der Waals surface area contributed by atoms with Crippen molar-refractivity contribution in [2.24, 2.45) is 0 Å². The fraction of sp³-hybridized carbons (Fsp3) is 0.462. The van der Waals surface area contributed by atoms with Crippen LogP contribution >= 0.6 is 0 Å². The summed E-state index contributed by atoms with van der Waals surface area (Å²) in [5, 5.41) is 9.12. The van der Waals surface area contributed by atoms with Gasteiger partial charge in [-0.1, -0.05) is 30.3 Å². The molecular weight excluding hydrogens is 214 g/mol. The van der Waals surface area contributed by atoms with Crippen LogP contribution in [-0.4, -0.2) is 25.2 Å². The van der Waals surface area contributed by atoms with E-state index >= 15 is 0 Å². The van der Waals surface area contributed by atoms with Gasteiger partial charge in [0, 0.05) is 19.1 Å². The molecule has 1 aromatic carbocycles. The van der Waals surface area contributed by atoms with E-state index in [0.29, 0.717) is 6.54 Å². The number of hydrogen-bond donors (Lipinski definition) is 3. The maximum absolute atomic E-state index is 11.6. The highest BCUT2D eigenvalue weighted by atomic mass is 16.2. The number of nitrogens with one attached hydrogen (secondary N) is 3. The van der Waals surface area contributed by atoms with Crippen LogP contribution in [0.3, 0.4) is 0 Å². The van der Waals surface area contributed by atoms with Gasteiger partial charge in [-0.25, -0.2) is 4.79 Å². The molecule has 3 N–H and O–H groups in total. The summed E-state index contributed by atoms with van der Waals surface area (Å²) in [5.41, 5.74) is 1.12. The minimum Gasteiger partial charge on any atom is -0.334 e. The molecule has 0 bridgehead atoms. The Morgan fingerprint density at radius 3 is 2.88 bits per heavy atom. The molecule has 4 heteroatoms. The van der Waals surface area contributed by atoms with E-state index in [4.69, 9.17) is 0 Å². The lowest BCUT2D eigenvalue weighted by molar-refractivity contribution is 0.233. The number of piperidine rings is 1. The SMILES string of the molecule is O=C(NCc1ccccc1)N[C@H]1CCCNC1. The molecule has 17 heavy (non-hydrogen) atoms. The Hall–Kier alpha value is -1.55. The van der Waals surface area contributed by atoms with Crippen molar-refractivity contribution in [3.63, 3.8) is 0 Å². The molecule has 92 valence electrons. The summed E-state index contributed by atoms with van der Waals surface area (Å²) >= 11 is 0. The topological polar surface area (TPSA) is 53.2 Å². The van der Waals surface area contributed by atoms with Gasteiger partial charge in [-0.2, -0.15) is 0 Å². The van der Waals surface area contributed by atoms with Gasteiger partial charge in [0.1, 0.15) is 0 Å². The van der Waals surface area contributed by atoms with E-state index in [1.165, 1.54) is 0 Å². The molecule has 1 aromatic rings. The first kappa shape index (κ1) is 11.9. The van der Waals surface area contributed by atoms with Crippen molar-refractivity contribution < 1.29 is 4.79 Å². The van der Waals surface area contributed by atoms with Crippen molar-refractivity contribution in [2.75, 3.05) is 13.1 Å². The van der Waals surface area contributed by atoms with Crippen LogP contribution in [0.4, 0.5) is 4.79 Å². The number of amides is 2. The molecule has 4 nitrogen and oxygen atoms in total. The van der Waals surface area contributed by atoms with Crippen LogP contribution in [0, 0.1) is 0 Å². The van der Waals surface area contributed by atoms with E-state index in [0.717, 1.165) is 31.5 Å². The van der Waals surface area contributed by atoms with E-state index in [2.05, 4.69) is 16.0 Å². The summed E-state index contributed by atoms with van der Waals surface area (Å²) in [6.07, 6.45) is 2.19. The van der Waals surface area contributed by atoms with E-state index < -0.39 is 0 Å². The Bertz CT molecular complexity index is 347. The standard InChI is InChI=1S/C13H19N3O/c17-13(16-12-7-4-8-14-10-12)15-9-11-5-2-1-3-6-11/h1-3,5-6,12,14H,4,7-10H2,(H2,15,16,17)/t12-/m0/s1. The van der Waals surface area contributed by atoms with E-state index in [1.807, 2.05) is 30.3 Å². The van der Waals surface area contributed by atoms with Crippen LogP contribution < -0.4 is 16.0 Å². The summed E-state index contributed by atoms with van der Waals surface area (Å²) in [6.45, 7) is 2.51. The molecule has 1 aliphatic heterocycles. The van der Waals surface area contributed by atoms with E-state index in [-0.39, 0.29) is 12.1 Å². The zero-order chi connectivity index (χ0) is 11.9. The van der Waals surface area contributed by atoms with Crippen LogP contribution in [-0.2, 0) is 6.54 Å². The Balaban J connectivity index is 1.70. The highest BCUT2D eigenvalue weighted by Gasteiger charge is 2.14. The fourth-order valence-corrected chi connectivity index (χ4v) is 1.99. The van der Waals surface area contributed by atoms with Crippen LogP contribution in [0.25, 0.3) is 0 Å². The van der Waals surface area contributed by atoms with E-state index in [9.17, 15) is 4.79 Å². The van der Waals surface area contributed by atoms with Gasteiger partial charge in [-0.05, 0) is 24.9 Å². The van der Waals surface area contributed by atoms with Gasteiger partial charge in [-0.3, -0.25) is 0 Å². The molecule has 0 unspecified atom stereocenters. The number of carbonyl (C=O) groups excluding carboxylic acids is 1. The minimum atomic E-state index is -0.0810. The van der Waals surface area contributed by atoms with Gasteiger partial charge < -0.3 is 16.0 Å².